The number of carbonyl (C=O) groups excluding carboxylic acids is 1. The molecule has 8 heteroatoms. The zero-order chi connectivity index (χ0) is 22.1. The Hall–Kier alpha value is -4.23. The number of aromatic nitrogens is 4. The van der Waals surface area contributed by atoms with Crippen LogP contribution in [-0.4, -0.2) is 25.7 Å². The molecule has 2 aromatic heterocycles. The zero-order valence-electron chi connectivity index (χ0n) is 16.6. The van der Waals surface area contributed by atoms with Crippen molar-refractivity contribution in [1.29, 1.82) is 0 Å². The van der Waals surface area contributed by atoms with Gasteiger partial charge in [0.25, 0.3) is 11.5 Å². The molecular formula is C24H16ClN5O2. The van der Waals surface area contributed by atoms with Crippen molar-refractivity contribution < 1.29 is 4.79 Å². The van der Waals surface area contributed by atoms with E-state index in [-0.39, 0.29) is 11.5 Å². The molecule has 2 N–H and O–H groups in total. The van der Waals surface area contributed by atoms with Crippen LogP contribution in [0.1, 0.15) is 10.5 Å². The van der Waals surface area contributed by atoms with Crippen molar-refractivity contribution >= 4 is 34.1 Å². The van der Waals surface area contributed by atoms with Crippen LogP contribution in [0.15, 0.2) is 90.0 Å². The molecular weight excluding hydrogens is 426 g/mol. The number of H-pyrrole nitrogens is 1. The van der Waals surface area contributed by atoms with E-state index in [0.717, 1.165) is 11.3 Å². The quantitative estimate of drug-likeness (QED) is 0.423. The Morgan fingerprint density at radius 1 is 0.969 bits per heavy atom. The first-order chi connectivity index (χ1) is 15.6. The molecule has 5 aromatic rings. The van der Waals surface area contributed by atoms with Gasteiger partial charge in [-0.05, 0) is 48.5 Å². The van der Waals surface area contributed by atoms with Gasteiger partial charge in [0.1, 0.15) is 5.69 Å². The summed E-state index contributed by atoms with van der Waals surface area (Å²) in [7, 11) is 0. The maximum atomic E-state index is 13.2. The summed E-state index contributed by atoms with van der Waals surface area (Å²) in [5, 5.41) is 8.53. The normalized spacial score (nSPS) is 10.9. The molecule has 0 bridgehead atoms. The lowest BCUT2D eigenvalue weighted by atomic mass is 10.1. The molecule has 156 valence electrons. The van der Waals surface area contributed by atoms with Gasteiger partial charge in [-0.3, -0.25) is 9.59 Å². The molecule has 0 saturated heterocycles. The number of para-hydroxylation sites is 1. The van der Waals surface area contributed by atoms with Crippen molar-refractivity contribution in [1.82, 2.24) is 19.7 Å². The largest absolute Gasteiger partial charge is 0.321 e. The first-order valence-corrected chi connectivity index (χ1v) is 10.2. The van der Waals surface area contributed by atoms with Crippen LogP contribution >= 0.6 is 11.6 Å². The maximum Gasteiger partial charge on any atom is 0.274 e. The molecule has 3 aromatic carbocycles. The minimum absolute atomic E-state index is 0.273. The standard InChI is InChI=1S/C24H16ClN5O2/c25-16-8-6-15(7-9-16)21-13-22(30(29-21)18-4-2-1-3-5-18)24(32)28-17-10-11-20-19(12-17)23(31)27-14-26-20/h1-14H,(H,28,32)(H,26,27,31). The van der Waals surface area contributed by atoms with Gasteiger partial charge < -0.3 is 10.3 Å². The third-order valence-corrected chi connectivity index (χ3v) is 5.23. The number of hydrogen-bond donors (Lipinski definition) is 2. The molecule has 0 aliphatic rings. The summed E-state index contributed by atoms with van der Waals surface area (Å²) in [6, 6.07) is 23.4. The first-order valence-electron chi connectivity index (χ1n) is 9.79. The number of nitrogens with one attached hydrogen (secondary N) is 2. The number of rotatable bonds is 4. The highest BCUT2D eigenvalue weighted by Gasteiger charge is 2.18. The molecule has 0 saturated carbocycles. The van der Waals surface area contributed by atoms with Gasteiger partial charge in [0, 0.05) is 16.3 Å². The second kappa shape index (κ2) is 8.13. The van der Waals surface area contributed by atoms with Crippen LogP contribution in [-0.2, 0) is 0 Å². The molecule has 0 aliphatic carbocycles. The Bertz CT molecular complexity index is 1490. The van der Waals surface area contributed by atoms with Crippen LogP contribution in [0.2, 0.25) is 5.02 Å². The van der Waals surface area contributed by atoms with Crippen LogP contribution in [0.4, 0.5) is 5.69 Å². The second-order valence-electron chi connectivity index (χ2n) is 7.09. The fourth-order valence-electron chi connectivity index (χ4n) is 3.41. The van der Waals surface area contributed by atoms with Gasteiger partial charge in [-0.1, -0.05) is 41.9 Å². The molecule has 1 amide bonds. The van der Waals surface area contributed by atoms with Gasteiger partial charge in [-0.2, -0.15) is 5.10 Å². The molecule has 0 fully saturated rings. The average Bonchev–Trinajstić information content (AvgIpc) is 3.26. The van der Waals surface area contributed by atoms with E-state index in [1.165, 1.54) is 6.33 Å². The fraction of sp³-hybridized carbons (Fsp3) is 0. The number of halogens is 1. The molecule has 7 nitrogen and oxygen atoms in total. The molecule has 0 radical (unpaired) electrons. The zero-order valence-corrected chi connectivity index (χ0v) is 17.4. The van der Waals surface area contributed by atoms with Gasteiger partial charge >= 0.3 is 0 Å². The van der Waals surface area contributed by atoms with Crippen LogP contribution in [0, 0.1) is 0 Å². The fourth-order valence-corrected chi connectivity index (χ4v) is 3.54. The van der Waals surface area contributed by atoms with Gasteiger partial charge in [0.15, 0.2) is 0 Å². The summed E-state index contributed by atoms with van der Waals surface area (Å²) >= 11 is 6.01. The van der Waals surface area contributed by atoms with E-state index in [4.69, 9.17) is 11.6 Å². The van der Waals surface area contributed by atoms with Crippen molar-refractivity contribution in [2.45, 2.75) is 0 Å². The van der Waals surface area contributed by atoms with E-state index in [9.17, 15) is 9.59 Å². The number of anilines is 1. The number of benzene rings is 3. The summed E-state index contributed by atoms with van der Waals surface area (Å²) in [6.45, 7) is 0. The number of amides is 1. The van der Waals surface area contributed by atoms with E-state index in [2.05, 4.69) is 20.4 Å². The monoisotopic (exact) mass is 441 g/mol. The maximum absolute atomic E-state index is 13.2. The van der Waals surface area contributed by atoms with E-state index in [1.54, 1.807) is 41.1 Å². The van der Waals surface area contributed by atoms with Crippen molar-refractivity contribution in [3.8, 4) is 16.9 Å². The van der Waals surface area contributed by atoms with Gasteiger partial charge in [-0.25, -0.2) is 9.67 Å². The number of fused-ring (bicyclic) bond motifs is 1. The second-order valence-corrected chi connectivity index (χ2v) is 7.52. The van der Waals surface area contributed by atoms with Crippen molar-refractivity contribution in [3.05, 3.63) is 106 Å². The van der Waals surface area contributed by atoms with E-state index in [0.29, 0.717) is 33.0 Å². The third-order valence-electron chi connectivity index (χ3n) is 4.98. The minimum atomic E-state index is -0.360. The highest BCUT2D eigenvalue weighted by Crippen LogP contribution is 2.24. The Labute approximate surface area is 187 Å². The Morgan fingerprint density at radius 2 is 1.75 bits per heavy atom. The van der Waals surface area contributed by atoms with Crippen LogP contribution in [0.3, 0.4) is 0 Å². The molecule has 5 rings (SSSR count). The highest BCUT2D eigenvalue weighted by molar-refractivity contribution is 6.30. The summed E-state index contributed by atoms with van der Waals surface area (Å²) in [5.41, 5.74) is 3.32. The topological polar surface area (TPSA) is 92.7 Å². The average molecular weight is 442 g/mol. The lowest BCUT2D eigenvalue weighted by Gasteiger charge is -2.09. The lowest BCUT2D eigenvalue weighted by Crippen LogP contribution is -2.17. The van der Waals surface area contributed by atoms with Crippen molar-refractivity contribution in [2.24, 2.45) is 0 Å². The van der Waals surface area contributed by atoms with E-state index >= 15 is 0 Å². The molecule has 32 heavy (non-hydrogen) atoms. The SMILES string of the molecule is O=C(Nc1ccc2nc[nH]c(=O)c2c1)c1cc(-c2ccc(Cl)cc2)nn1-c1ccccc1. The van der Waals surface area contributed by atoms with Crippen molar-refractivity contribution in [2.75, 3.05) is 5.32 Å². The third kappa shape index (κ3) is 3.77. The summed E-state index contributed by atoms with van der Waals surface area (Å²) < 4.78 is 1.59. The van der Waals surface area contributed by atoms with E-state index in [1.807, 2.05) is 42.5 Å². The molecule has 0 aliphatic heterocycles. The molecule has 2 heterocycles. The van der Waals surface area contributed by atoms with Crippen LogP contribution in [0.25, 0.3) is 27.8 Å². The highest BCUT2D eigenvalue weighted by atomic mass is 35.5. The number of hydrogen-bond acceptors (Lipinski definition) is 4. The number of nitrogens with zero attached hydrogens (tertiary/aromatic N) is 3. The summed E-state index contributed by atoms with van der Waals surface area (Å²) in [5.74, 6) is -0.360. The minimum Gasteiger partial charge on any atom is -0.321 e. The molecule has 0 spiro atoms. The smallest absolute Gasteiger partial charge is 0.274 e. The summed E-state index contributed by atoms with van der Waals surface area (Å²) in [6.07, 6.45) is 1.35. The molecule has 0 unspecified atom stereocenters. The predicted molar refractivity (Wildman–Crippen MR) is 124 cm³/mol. The van der Waals surface area contributed by atoms with E-state index < -0.39 is 0 Å². The predicted octanol–water partition coefficient (Wildman–Crippen LogP) is 4.68. The number of aromatic amines is 1. The Morgan fingerprint density at radius 3 is 2.53 bits per heavy atom. The first kappa shape index (κ1) is 19.7. The van der Waals surface area contributed by atoms with Gasteiger partial charge in [-0.15, -0.1) is 0 Å². The Balaban J connectivity index is 1.55. The molecule has 0 atom stereocenters. The summed E-state index contributed by atoms with van der Waals surface area (Å²) in [4.78, 5) is 32.0. The van der Waals surface area contributed by atoms with Gasteiger partial charge in [0.05, 0.1) is 28.6 Å². The number of carbonyl (C=O) groups is 1. The van der Waals surface area contributed by atoms with Crippen LogP contribution < -0.4 is 10.9 Å². The van der Waals surface area contributed by atoms with Gasteiger partial charge in [0.2, 0.25) is 0 Å². The van der Waals surface area contributed by atoms with Crippen LogP contribution in [0.5, 0.6) is 0 Å². The lowest BCUT2D eigenvalue weighted by molar-refractivity contribution is 0.101. The van der Waals surface area contributed by atoms with Crippen molar-refractivity contribution in [3.63, 3.8) is 0 Å². The Kier molecular flexibility index (Phi) is 5.01.